The summed E-state index contributed by atoms with van der Waals surface area (Å²) in [5.74, 6) is 0.254. The van der Waals surface area contributed by atoms with Gasteiger partial charge in [0.05, 0.1) is 0 Å². The van der Waals surface area contributed by atoms with Crippen LogP contribution in [0.25, 0.3) is 11.1 Å². The highest BCUT2D eigenvalue weighted by Crippen LogP contribution is 2.36. The van der Waals surface area contributed by atoms with Gasteiger partial charge in [-0.2, -0.15) is 0 Å². The molecule has 0 aliphatic carbocycles. The van der Waals surface area contributed by atoms with Gasteiger partial charge in [0, 0.05) is 24.6 Å². The highest BCUT2D eigenvalue weighted by Gasteiger charge is 2.15. The second-order valence-corrected chi connectivity index (χ2v) is 8.59. The predicted molar refractivity (Wildman–Crippen MR) is 130 cm³/mol. The normalized spacial score (nSPS) is 12.5. The molecule has 0 fully saturated rings. The van der Waals surface area contributed by atoms with E-state index in [4.69, 9.17) is 14.2 Å². The summed E-state index contributed by atoms with van der Waals surface area (Å²) in [6.45, 7) is 5.39. The summed E-state index contributed by atoms with van der Waals surface area (Å²) in [6.07, 6.45) is 1.12. The van der Waals surface area contributed by atoms with E-state index in [0.717, 1.165) is 40.1 Å². The van der Waals surface area contributed by atoms with Gasteiger partial charge in [0.2, 0.25) is 0 Å². The average Bonchev–Trinajstić information content (AvgIpc) is 2.85. The zero-order valence-electron chi connectivity index (χ0n) is 20.0. The number of fused-ring (bicyclic) bond motifs is 1. The molecular weight excluding hydrogens is 452 g/mol. The van der Waals surface area contributed by atoms with Crippen LogP contribution < -0.4 is 19.5 Å². The Kier molecular flexibility index (Phi) is 7.98. The molecule has 1 aliphatic rings. The molecular formula is C28H29F2NO4. The van der Waals surface area contributed by atoms with E-state index in [1.54, 1.807) is 0 Å². The van der Waals surface area contributed by atoms with E-state index in [2.05, 4.69) is 5.32 Å². The maximum absolute atomic E-state index is 14.6. The van der Waals surface area contributed by atoms with Gasteiger partial charge >= 0.3 is 0 Å². The molecule has 0 bridgehead atoms. The molecule has 5 nitrogen and oxygen atoms in total. The third-order valence-electron chi connectivity index (χ3n) is 5.98. The van der Waals surface area contributed by atoms with Crippen molar-refractivity contribution in [2.24, 2.45) is 0 Å². The molecule has 0 amide bonds. The highest BCUT2D eigenvalue weighted by molar-refractivity contribution is 5.75. The van der Waals surface area contributed by atoms with Crippen molar-refractivity contribution in [1.82, 2.24) is 5.32 Å². The summed E-state index contributed by atoms with van der Waals surface area (Å²) in [7, 11) is 0. The van der Waals surface area contributed by atoms with Crippen molar-refractivity contribution in [3.63, 3.8) is 0 Å². The first-order valence-electron chi connectivity index (χ1n) is 11.7. The third kappa shape index (κ3) is 6.17. The van der Waals surface area contributed by atoms with Crippen LogP contribution in [0.2, 0.25) is 0 Å². The van der Waals surface area contributed by atoms with Gasteiger partial charge in [-0.15, -0.1) is 0 Å². The van der Waals surface area contributed by atoms with E-state index < -0.39 is 11.6 Å². The van der Waals surface area contributed by atoms with Crippen molar-refractivity contribution in [3.8, 4) is 28.4 Å². The van der Waals surface area contributed by atoms with E-state index in [-0.39, 0.29) is 30.2 Å². The molecule has 0 saturated carbocycles. The van der Waals surface area contributed by atoms with Crippen molar-refractivity contribution < 1.29 is 27.8 Å². The number of nitrogens with one attached hydrogen (secondary N) is 1. The van der Waals surface area contributed by atoms with Crippen LogP contribution in [0.4, 0.5) is 8.78 Å². The third-order valence-corrected chi connectivity index (χ3v) is 5.98. The Labute approximate surface area is 204 Å². The topological polar surface area (TPSA) is 56.8 Å². The second-order valence-electron chi connectivity index (χ2n) is 8.59. The molecule has 0 radical (unpaired) electrons. The lowest BCUT2D eigenvalue weighted by Crippen LogP contribution is -2.16. The van der Waals surface area contributed by atoms with Crippen LogP contribution >= 0.6 is 0 Å². The van der Waals surface area contributed by atoms with Crippen molar-refractivity contribution in [3.05, 3.63) is 76.9 Å². The number of rotatable bonds is 10. The standard InChI is InChI=1S/C28H29F2NO4/c1-18(32)5-4-10-31-16-22-13-25(30)27(15-24(22)29)35-17-21-6-3-7-23(19(21)2)20-8-9-26-28(14-20)34-12-11-33-26/h3,6-9,13-15,31H,4-5,10-12,16-17H2,1-2H3. The Bertz CT molecular complexity index is 1210. The molecule has 184 valence electrons. The summed E-state index contributed by atoms with van der Waals surface area (Å²) in [6, 6.07) is 13.9. The minimum absolute atomic E-state index is 0.100. The van der Waals surface area contributed by atoms with Gasteiger partial charge in [-0.1, -0.05) is 24.3 Å². The SMILES string of the molecule is CC(=O)CCCNCc1cc(F)c(OCc2cccc(-c3ccc4c(c3)OCCO4)c2C)cc1F. The average molecular weight is 482 g/mol. The van der Waals surface area contributed by atoms with Crippen LogP contribution in [0.3, 0.4) is 0 Å². The smallest absolute Gasteiger partial charge is 0.165 e. The lowest BCUT2D eigenvalue weighted by atomic mass is 9.96. The van der Waals surface area contributed by atoms with Gasteiger partial charge in [-0.05, 0) is 67.3 Å². The zero-order valence-corrected chi connectivity index (χ0v) is 20.0. The lowest BCUT2D eigenvalue weighted by Gasteiger charge is -2.20. The lowest BCUT2D eigenvalue weighted by molar-refractivity contribution is -0.117. The fourth-order valence-corrected chi connectivity index (χ4v) is 4.02. The quantitative estimate of drug-likeness (QED) is 0.374. The first-order chi connectivity index (χ1) is 16.9. The monoisotopic (exact) mass is 481 g/mol. The van der Waals surface area contributed by atoms with Crippen LogP contribution in [0.5, 0.6) is 17.2 Å². The maximum Gasteiger partial charge on any atom is 0.165 e. The molecule has 1 heterocycles. The van der Waals surface area contributed by atoms with Crippen molar-refractivity contribution in [2.45, 2.75) is 39.8 Å². The van der Waals surface area contributed by atoms with Gasteiger partial charge in [0.1, 0.15) is 31.4 Å². The van der Waals surface area contributed by atoms with Gasteiger partial charge in [-0.25, -0.2) is 8.78 Å². The maximum atomic E-state index is 14.6. The number of Topliss-reactive ketones (excluding diaryl/α,β-unsaturated/α-hetero) is 1. The number of halogens is 2. The minimum Gasteiger partial charge on any atom is -0.486 e. The Morgan fingerprint density at radius 2 is 1.80 bits per heavy atom. The number of carbonyl (C=O) groups is 1. The molecule has 0 atom stereocenters. The molecule has 3 aromatic rings. The number of hydrogen-bond donors (Lipinski definition) is 1. The molecule has 0 unspecified atom stereocenters. The van der Waals surface area contributed by atoms with Gasteiger partial charge < -0.3 is 24.3 Å². The molecule has 0 saturated heterocycles. The van der Waals surface area contributed by atoms with E-state index in [1.165, 1.54) is 6.92 Å². The summed E-state index contributed by atoms with van der Waals surface area (Å²) in [5, 5.41) is 3.03. The summed E-state index contributed by atoms with van der Waals surface area (Å²) >= 11 is 0. The Hall–Kier alpha value is -3.45. The van der Waals surface area contributed by atoms with Crippen LogP contribution in [0.1, 0.15) is 36.5 Å². The second kappa shape index (κ2) is 11.3. The minimum atomic E-state index is -0.618. The number of carbonyl (C=O) groups excluding carboxylic acids is 1. The van der Waals surface area contributed by atoms with Crippen molar-refractivity contribution in [2.75, 3.05) is 19.8 Å². The molecule has 1 aliphatic heterocycles. The van der Waals surface area contributed by atoms with E-state index in [9.17, 15) is 13.6 Å². The number of ether oxygens (including phenoxy) is 3. The largest absolute Gasteiger partial charge is 0.486 e. The van der Waals surface area contributed by atoms with Gasteiger partial charge in [-0.3, -0.25) is 0 Å². The summed E-state index contributed by atoms with van der Waals surface area (Å²) in [4.78, 5) is 11.0. The summed E-state index contributed by atoms with van der Waals surface area (Å²) < 4.78 is 46.1. The molecule has 4 rings (SSSR count). The molecule has 1 N–H and O–H groups in total. The molecule has 35 heavy (non-hydrogen) atoms. The number of hydrogen-bond acceptors (Lipinski definition) is 5. The van der Waals surface area contributed by atoms with Crippen LogP contribution in [0, 0.1) is 18.6 Å². The summed E-state index contributed by atoms with van der Waals surface area (Å²) in [5.41, 5.74) is 4.05. The fourth-order valence-electron chi connectivity index (χ4n) is 4.02. The zero-order chi connectivity index (χ0) is 24.8. The van der Waals surface area contributed by atoms with E-state index >= 15 is 0 Å². The van der Waals surface area contributed by atoms with Crippen LogP contribution in [-0.4, -0.2) is 25.5 Å². The molecule has 7 heteroatoms. The number of ketones is 1. The van der Waals surface area contributed by atoms with Crippen molar-refractivity contribution in [1.29, 1.82) is 0 Å². The Morgan fingerprint density at radius 3 is 2.60 bits per heavy atom. The predicted octanol–water partition coefficient (Wildman–Crippen LogP) is 5.75. The highest BCUT2D eigenvalue weighted by atomic mass is 19.1. The van der Waals surface area contributed by atoms with Gasteiger partial charge in [0.25, 0.3) is 0 Å². The van der Waals surface area contributed by atoms with Crippen LogP contribution in [-0.2, 0) is 17.9 Å². The fraction of sp³-hybridized carbons (Fsp3) is 0.321. The van der Waals surface area contributed by atoms with Gasteiger partial charge in [0.15, 0.2) is 23.1 Å². The van der Waals surface area contributed by atoms with Crippen molar-refractivity contribution >= 4 is 5.78 Å². The number of benzene rings is 3. The van der Waals surface area contributed by atoms with E-state index in [0.29, 0.717) is 38.3 Å². The first kappa shape index (κ1) is 24.7. The first-order valence-corrected chi connectivity index (χ1v) is 11.7. The molecule has 0 aromatic heterocycles. The molecule has 0 spiro atoms. The van der Waals surface area contributed by atoms with Crippen LogP contribution in [0.15, 0.2) is 48.5 Å². The molecule has 3 aromatic carbocycles. The Balaban J connectivity index is 1.42. The Morgan fingerprint density at radius 1 is 1.00 bits per heavy atom. The van der Waals surface area contributed by atoms with E-state index in [1.807, 2.05) is 43.3 Å².